The van der Waals surface area contributed by atoms with Crippen LogP contribution in [0.2, 0.25) is 0 Å². The van der Waals surface area contributed by atoms with Crippen molar-refractivity contribution in [2.75, 3.05) is 33.2 Å². The first kappa shape index (κ1) is 12.3. The van der Waals surface area contributed by atoms with Gasteiger partial charge in [0, 0.05) is 26.2 Å². The first-order valence-corrected chi connectivity index (χ1v) is 7.26. The average molecular weight is 247 g/mol. The third-order valence-corrected chi connectivity index (χ3v) is 5.87. The third-order valence-electron chi connectivity index (χ3n) is 3.77. The van der Waals surface area contributed by atoms with E-state index in [0.717, 1.165) is 13.1 Å². The maximum atomic E-state index is 12.2. The zero-order valence-corrected chi connectivity index (χ0v) is 11.0. The molecule has 2 aliphatic heterocycles. The van der Waals surface area contributed by atoms with Gasteiger partial charge in [-0.1, -0.05) is 0 Å². The van der Waals surface area contributed by atoms with Crippen molar-refractivity contribution >= 4 is 10.2 Å². The van der Waals surface area contributed by atoms with Crippen LogP contribution in [-0.4, -0.2) is 56.3 Å². The molecule has 16 heavy (non-hydrogen) atoms. The van der Waals surface area contributed by atoms with Crippen molar-refractivity contribution in [2.24, 2.45) is 11.8 Å². The number of hydrogen-bond acceptors (Lipinski definition) is 3. The molecule has 0 aliphatic carbocycles. The molecule has 94 valence electrons. The van der Waals surface area contributed by atoms with Gasteiger partial charge in [0.15, 0.2) is 0 Å². The lowest BCUT2D eigenvalue weighted by Gasteiger charge is -2.27. The maximum Gasteiger partial charge on any atom is 0.281 e. The first-order valence-electron chi connectivity index (χ1n) is 5.86. The molecule has 0 aromatic heterocycles. The van der Waals surface area contributed by atoms with Crippen molar-refractivity contribution in [1.29, 1.82) is 0 Å². The van der Waals surface area contributed by atoms with Crippen LogP contribution in [0.4, 0.5) is 0 Å². The number of fused-ring (bicyclic) bond motifs is 1. The summed E-state index contributed by atoms with van der Waals surface area (Å²) in [4.78, 5) is 0. The molecule has 0 bridgehead atoms. The van der Waals surface area contributed by atoms with Gasteiger partial charge in [-0.2, -0.15) is 17.0 Å². The van der Waals surface area contributed by atoms with Crippen LogP contribution >= 0.6 is 0 Å². The lowest BCUT2D eigenvalue weighted by atomic mass is 10.0. The summed E-state index contributed by atoms with van der Waals surface area (Å²) in [6.45, 7) is 7.07. The normalized spacial score (nSPS) is 31.6. The summed E-state index contributed by atoms with van der Waals surface area (Å²) in [5.41, 5.74) is 0. The quantitative estimate of drug-likeness (QED) is 0.746. The van der Waals surface area contributed by atoms with Crippen LogP contribution in [0.3, 0.4) is 0 Å². The molecule has 5 nitrogen and oxygen atoms in total. The summed E-state index contributed by atoms with van der Waals surface area (Å²) in [6.07, 6.45) is 0. The largest absolute Gasteiger partial charge is 0.316 e. The van der Waals surface area contributed by atoms with Crippen molar-refractivity contribution in [3.63, 3.8) is 0 Å². The summed E-state index contributed by atoms with van der Waals surface area (Å²) in [7, 11) is -1.58. The standard InChI is InChI=1S/C10H21N3O2S/c1-8(2)12(3)16(14,15)13-6-9-4-11-5-10(9)7-13/h8-11H,4-7H2,1-3H3/t9-,10+. The van der Waals surface area contributed by atoms with Gasteiger partial charge in [0.05, 0.1) is 0 Å². The molecule has 0 spiro atoms. The SMILES string of the molecule is CC(C)N(C)S(=O)(=O)N1C[C@H]2CNC[C@H]2C1. The molecule has 2 heterocycles. The lowest BCUT2D eigenvalue weighted by molar-refractivity contribution is 0.350. The van der Waals surface area contributed by atoms with Gasteiger partial charge in [0.2, 0.25) is 0 Å². The molecule has 2 atom stereocenters. The monoisotopic (exact) mass is 247 g/mol. The maximum absolute atomic E-state index is 12.2. The van der Waals surface area contributed by atoms with Crippen LogP contribution in [-0.2, 0) is 10.2 Å². The molecule has 2 saturated heterocycles. The Labute approximate surface area is 98.0 Å². The minimum absolute atomic E-state index is 0.0172. The molecule has 1 N–H and O–H groups in total. The van der Waals surface area contributed by atoms with Crippen molar-refractivity contribution in [3.8, 4) is 0 Å². The molecule has 2 fully saturated rings. The van der Waals surface area contributed by atoms with Crippen LogP contribution in [0.15, 0.2) is 0 Å². The van der Waals surface area contributed by atoms with Gasteiger partial charge in [-0.25, -0.2) is 0 Å². The Balaban J connectivity index is 2.09. The Kier molecular flexibility index (Phi) is 3.27. The van der Waals surface area contributed by atoms with Crippen LogP contribution in [0.5, 0.6) is 0 Å². The Bertz CT molecular complexity index is 343. The molecule has 0 aromatic rings. The zero-order chi connectivity index (χ0) is 11.9. The van der Waals surface area contributed by atoms with E-state index < -0.39 is 10.2 Å². The predicted molar refractivity (Wildman–Crippen MR) is 63.2 cm³/mol. The molecule has 0 radical (unpaired) electrons. The fourth-order valence-corrected chi connectivity index (χ4v) is 4.11. The Morgan fingerprint density at radius 3 is 2.19 bits per heavy atom. The summed E-state index contributed by atoms with van der Waals surface area (Å²) >= 11 is 0. The summed E-state index contributed by atoms with van der Waals surface area (Å²) < 4.78 is 27.6. The van der Waals surface area contributed by atoms with E-state index in [1.54, 1.807) is 11.4 Å². The molecule has 6 heteroatoms. The molecule has 0 unspecified atom stereocenters. The topological polar surface area (TPSA) is 52.7 Å². The highest BCUT2D eigenvalue weighted by molar-refractivity contribution is 7.86. The number of nitrogens with one attached hydrogen (secondary N) is 1. The summed E-state index contributed by atoms with van der Waals surface area (Å²) in [6, 6.07) is 0.0172. The van der Waals surface area contributed by atoms with Crippen molar-refractivity contribution in [3.05, 3.63) is 0 Å². The number of nitrogens with zero attached hydrogens (tertiary/aromatic N) is 2. The summed E-state index contributed by atoms with van der Waals surface area (Å²) in [5, 5.41) is 3.31. The highest BCUT2D eigenvalue weighted by atomic mass is 32.2. The van der Waals surface area contributed by atoms with Crippen LogP contribution in [0.1, 0.15) is 13.8 Å². The highest BCUT2D eigenvalue weighted by Crippen LogP contribution is 2.29. The van der Waals surface area contributed by atoms with E-state index in [1.165, 1.54) is 4.31 Å². The fraction of sp³-hybridized carbons (Fsp3) is 1.00. The van der Waals surface area contributed by atoms with Gasteiger partial charge in [-0.05, 0) is 38.8 Å². The van der Waals surface area contributed by atoms with Gasteiger partial charge >= 0.3 is 0 Å². The van der Waals surface area contributed by atoms with E-state index in [1.807, 2.05) is 13.8 Å². The second-order valence-electron chi connectivity index (χ2n) is 5.11. The predicted octanol–water partition coefficient (Wildman–Crippen LogP) is -0.277. The molecule has 0 saturated carbocycles. The number of hydrogen-bond donors (Lipinski definition) is 1. The molecular weight excluding hydrogens is 226 g/mol. The van der Waals surface area contributed by atoms with Gasteiger partial charge in [0.25, 0.3) is 10.2 Å². The first-order chi connectivity index (χ1) is 7.43. The number of rotatable bonds is 3. The van der Waals surface area contributed by atoms with Gasteiger partial charge in [-0.3, -0.25) is 0 Å². The Hall–Kier alpha value is -0.170. The van der Waals surface area contributed by atoms with Crippen LogP contribution in [0.25, 0.3) is 0 Å². The third kappa shape index (κ3) is 1.99. The molecule has 2 rings (SSSR count). The molecule has 2 aliphatic rings. The second-order valence-corrected chi connectivity index (χ2v) is 7.10. The van der Waals surface area contributed by atoms with Gasteiger partial charge in [0.1, 0.15) is 0 Å². The van der Waals surface area contributed by atoms with Crippen molar-refractivity contribution in [1.82, 2.24) is 13.9 Å². The lowest BCUT2D eigenvalue weighted by Crippen LogP contribution is -2.44. The Morgan fingerprint density at radius 2 is 1.75 bits per heavy atom. The van der Waals surface area contributed by atoms with E-state index in [0.29, 0.717) is 24.9 Å². The van der Waals surface area contributed by atoms with Crippen LogP contribution in [0, 0.1) is 11.8 Å². The smallest absolute Gasteiger partial charge is 0.281 e. The summed E-state index contributed by atoms with van der Waals surface area (Å²) in [5.74, 6) is 1.02. The second kappa shape index (κ2) is 4.25. The van der Waals surface area contributed by atoms with Crippen molar-refractivity contribution < 1.29 is 8.42 Å². The fourth-order valence-electron chi connectivity index (χ4n) is 2.45. The van der Waals surface area contributed by atoms with Crippen molar-refractivity contribution in [2.45, 2.75) is 19.9 Å². The van der Waals surface area contributed by atoms with E-state index >= 15 is 0 Å². The molecular formula is C10H21N3O2S. The zero-order valence-electron chi connectivity index (χ0n) is 10.2. The van der Waals surface area contributed by atoms with E-state index in [-0.39, 0.29) is 6.04 Å². The molecule has 0 amide bonds. The highest BCUT2D eigenvalue weighted by Gasteiger charge is 2.42. The van der Waals surface area contributed by atoms with E-state index in [2.05, 4.69) is 5.32 Å². The molecule has 0 aromatic carbocycles. The van der Waals surface area contributed by atoms with Gasteiger partial charge < -0.3 is 5.32 Å². The van der Waals surface area contributed by atoms with E-state index in [9.17, 15) is 8.42 Å². The average Bonchev–Trinajstić information content (AvgIpc) is 2.74. The minimum atomic E-state index is -3.24. The van der Waals surface area contributed by atoms with Crippen LogP contribution < -0.4 is 5.32 Å². The van der Waals surface area contributed by atoms with Gasteiger partial charge in [-0.15, -0.1) is 0 Å². The minimum Gasteiger partial charge on any atom is -0.316 e. The van der Waals surface area contributed by atoms with E-state index in [4.69, 9.17) is 0 Å². The Morgan fingerprint density at radius 1 is 1.25 bits per heavy atom.